The topological polar surface area (TPSA) is 82.9 Å². The van der Waals surface area contributed by atoms with Gasteiger partial charge in [-0.05, 0) is 24.7 Å². The number of likely N-dealkylation sites (N-methyl/N-ethyl adjacent to an activating group) is 1. The minimum Gasteiger partial charge on any atom is -0.346 e. The Morgan fingerprint density at radius 3 is 3.32 bits per heavy atom. The third kappa shape index (κ3) is 2.38. The van der Waals surface area contributed by atoms with Crippen molar-refractivity contribution in [3.63, 3.8) is 0 Å². The predicted octanol–water partition coefficient (Wildman–Crippen LogP) is 1.11. The van der Waals surface area contributed by atoms with Gasteiger partial charge in [0.15, 0.2) is 5.82 Å². The molecule has 0 saturated carbocycles. The number of H-pyrrole nitrogens is 1. The molecule has 4 rings (SSSR count). The van der Waals surface area contributed by atoms with Crippen LogP contribution in [0, 0.1) is 0 Å². The Morgan fingerprint density at radius 2 is 2.41 bits per heavy atom. The molecule has 0 aliphatic carbocycles. The number of aromatic amines is 1. The van der Waals surface area contributed by atoms with Gasteiger partial charge in [-0.2, -0.15) is 4.98 Å². The molecule has 3 aromatic rings. The van der Waals surface area contributed by atoms with Crippen LogP contribution in [0.2, 0.25) is 0 Å². The minimum atomic E-state index is 0.177. The maximum Gasteiger partial charge on any atom is 0.231 e. The Labute approximate surface area is 127 Å². The molecule has 1 atom stereocenters. The van der Waals surface area contributed by atoms with Gasteiger partial charge in [-0.15, -0.1) is 0 Å². The summed E-state index contributed by atoms with van der Waals surface area (Å²) in [4.78, 5) is 14.3. The van der Waals surface area contributed by atoms with Crippen LogP contribution in [-0.4, -0.2) is 51.7 Å². The average molecular weight is 298 g/mol. The van der Waals surface area contributed by atoms with Gasteiger partial charge in [-0.25, -0.2) is 4.98 Å². The Hall–Kier alpha value is -2.25. The quantitative estimate of drug-likeness (QED) is 0.754. The first-order valence-electron chi connectivity index (χ1n) is 7.45. The lowest BCUT2D eigenvalue weighted by Crippen LogP contribution is -2.44. The largest absolute Gasteiger partial charge is 0.346 e. The number of aromatic nitrogens is 4. The summed E-state index contributed by atoms with van der Waals surface area (Å²) < 4.78 is 5.44. The van der Waals surface area contributed by atoms with Crippen LogP contribution in [0.5, 0.6) is 0 Å². The highest BCUT2D eigenvalue weighted by molar-refractivity contribution is 5.79. The molecule has 7 heteroatoms. The number of piperazine rings is 1. The third-order valence-electron chi connectivity index (χ3n) is 4.17. The second-order valence-electron chi connectivity index (χ2n) is 5.64. The van der Waals surface area contributed by atoms with Crippen LogP contribution in [-0.2, 0) is 6.42 Å². The van der Waals surface area contributed by atoms with Crippen LogP contribution in [0.4, 0.5) is 0 Å². The lowest BCUT2D eigenvalue weighted by atomic mass is 10.1. The van der Waals surface area contributed by atoms with Gasteiger partial charge in [-0.1, -0.05) is 5.16 Å². The zero-order valence-corrected chi connectivity index (χ0v) is 12.4. The molecule has 0 radical (unpaired) electrons. The summed E-state index contributed by atoms with van der Waals surface area (Å²) in [6, 6.07) is 4.15. The maximum atomic E-state index is 5.44. The van der Waals surface area contributed by atoms with E-state index in [2.05, 4.69) is 37.4 Å². The molecule has 1 unspecified atom stereocenters. The van der Waals surface area contributed by atoms with Gasteiger partial charge in [0.05, 0.1) is 12.5 Å². The smallest absolute Gasteiger partial charge is 0.231 e. The first kappa shape index (κ1) is 13.4. The van der Waals surface area contributed by atoms with E-state index >= 15 is 0 Å². The Morgan fingerprint density at radius 1 is 1.45 bits per heavy atom. The highest BCUT2D eigenvalue weighted by atomic mass is 16.5. The van der Waals surface area contributed by atoms with Gasteiger partial charge >= 0.3 is 0 Å². The van der Waals surface area contributed by atoms with Crippen molar-refractivity contribution in [1.82, 2.24) is 30.3 Å². The van der Waals surface area contributed by atoms with Crippen molar-refractivity contribution in [1.29, 1.82) is 0 Å². The van der Waals surface area contributed by atoms with Crippen LogP contribution in [0.25, 0.3) is 11.0 Å². The monoisotopic (exact) mass is 298 g/mol. The molecule has 0 spiro atoms. The van der Waals surface area contributed by atoms with Crippen LogP contribution >= 0.6 is 0 Å². The fraction of sp³-hybridized carbons (Fsp3) is 0.400. The Bertz CT molecular complexity index is 779. The van der Waals surface area contributed by atoms with E-state index in [0.29, 0.717) is 12.3 Å². The molecular formula is C15H18N6O. The predicted molar refractivity (Wildman–Crippen MR) is 81.4 cm³/mol. The molecule has 4 heterocycles. The standard InChI is InChI=1S/C15H18N6O/c1-21-6-5-16-9-12(21)15-19-13(22-20-15)7-10-8-18-14-11(10)3-2-4-17-14/h2-4,8,12,16H,5-7,9H2,1H3,(H,17,18). The molecule has 1 saturated heterocycles. The molecule has 114 valence electrons. The van der Waals surface area contributed by atoms with Crippen molar-refractivity contribution in [2.24, 2.45) is 0 Å². The molecule has 1 fully saturated rings. The summed E-state index contributed by atoms with van der Waals surface area (Å²) in [5.41, 5.74) is 2.00. The molecule has 0 amide bonds. The van der Waals surface area contributed by atoms with E-state index in [9.17, 15) is 0 Å². The van der Waals surface area contributed by atoms with E-state index in [0.717, 1.165) is 42.1 Å². The van der Waals surface area contributed by atoms with Gasteiger partial charge in [0.2, 0.25) is 5.89 Å². The fourth-order valence-electron chi connectivity index (χ4n) is 2.89. The van der Waals surface area contributed by atoms with Crippen molar-refractivity contribution < 1.29 is 4.52 Å². The minimum absolute atomic E-state index is 0.177. The first-order valence-corrected chi connectivity index (χ1v) is 7.45. The maximum absolute atomic E-state index is 5.44. The second kappa shape index (κ2) is 5.51. The van der Waals surface area contributed by atoms with Crippen molar-refractivity contribution >= 4 is 11.0 Å². The van der Waals surface area contributed by atoms with Crippen molar-refractivity contribution in [2.45, 2.75) is 12.5 Å². The number of hydrogen-bond donors (Lipinski definition) is 2. The lowest BCUT2D eigenvalue weighted by Gasteiger charge is -2.30. The molecule has 0 bridgehead atoms. The van der Waals surface area contributed by atoms with E-state index in [1.807, 2.05) is 18.3 Å². The summed E-state index contributed by atoms with van der Waals surface area (Å²) >= 11 is 0. The summed E-state index contributed by atoms with van der Waals surface area (Å²) in [5, 5.41) is 8.62. The van der Waals surface area contributed by atoms with Crippen molar-refractivity contribution in [3.05, 3.63) is 41.8 Å². The molecule has 2 N–H and O–H groups in total. The molecular weight excluding hydrogens is 280 g/mol. The number of nitrogens with zero attached hydrogens (tertiary/aromatic N) is 4. The summed E-state index contributed by atoms with van der Waals surface area (Å²) in [7, 11) is 2.09. The van der Waals surface area contributed by atoms with Gasteiger partial charge in [0, 0.05) is 37.4 Å². The third-order valence-corrected chi connectivity index (χ3v) is 4.17. The van der Waals surface area contributed by atoms with Crippen LogP contribution in [0.15, 0.2) is 29.0 Å². The molecule has 22 heavy (non-hydrogen) atoms. The normalized spacial score (nSPS) is 19.8. The lowest BCUT2D eigenvalue weighted by molar-refractivity contribution is 0.190. The summed E-state index contributed by atoms with van der Waals surface area (Å²) in [5.74, 6) is 1.39. The number of pyridine rings is 1. The van der Waals surface area contributed by atoms with E-state index in [1.165, 1.54) is 0 Å². The van der Waals surface area contributed by atoms with E-state index in [4.69, 9.17) is 4.52 Å². The number of nitrogens with one attached hydrogen (secondary N) is 2. The van der Waals surface area contributed by atoms with Crippen LogP contribution < -0.4 is 5.32 Å². The SMILES string of the molecule is CN1CCNCC1c1noc(Cc2c[nH]c3ncccc23)n1. The number of fused-ring (bicyclic) bond motifs is 1. The van der Waals surface area contributed by atoms with E-state index < -0.39 is 0 Å². The molecule has 1 aliphatic rings. The zero-order chi connectivity index (χ0) is 14.9. The number of hydrogen-bond acceptors (Lipinski definition) is 6. The molecule has 0 aromatic carbocycles. The van der Waals surface area contributed by atoms with E-state index in [-0.39, 0.29) is 6.04 Å². The number of rotatable bonds is 3. The van der Waals surface area contributed by atoms with Gasteiger partial charge in [0.1, 0.15) is 5.65 Å². The van der Waals surface area contributed by atoms with Crippen molar-refractivity contribution in [3.8, 4) is 0 Å². The Kier molecular flexibility index (Phi) is 3.36. The van der Waals surface area contributed by atoms with Crippen LogP contribution in [0.3, 0.4) is 0 Å². The van der Waals surface area contributed by atoms with Crippen LogP contribution in [0.1, 0.15) is 23.3 Å². The van der Waals surface area contributed by atoms with Crippen molar-refractivity contribution in [2.75, 3.05) is 26.7 Å². The highest BCUT2D eigenvalue weighted by Crippen LogP contribution is 2.21. The van der Waals surface area contributed by atoms with Gasteiger partial charge < -0.3 is 14.8 Å². The van der Waals surface area contributed by atoms with Gasteiger partial charge in [-0.3, -0.25) is 4.90 Å². The zero-order valence-electron chi connectivity index (χ0n) is 12.4. The first-order chi connectivity index (χ1) is 10.8. The highest BCUT2D eigenvalue weighted by Gasteiger charge is 2.25. The molecule has 7 nitrogen and oxygen atoms in total. The van der Waals surface area contributed by atoms with E-state index in [1.54, 1.807) is 6.20 Å². The van der Waals surface area contributed by atoms with Gasteiger partial charge in [0.25, 0.3) is 0 Å². The summed E-state index contributed by atoms with van der Waals surface area (Å²) in [6.07, 6.45) is 4.34. The fourth-order valence-corrected chi connectivity index (χ4v) is 2.89. The second-order valence-corrected chi connectivity index (χ2v) is 5.64. The molecule has 1 aliphatic heterocycles. The average Bonchev–Trinajstić information content (AvgIpc) is 3.16. The molecule has 3 aromatic heterocycles. The Balaban J connectivity index is 1.57. The summed E-state index contributed by atoms with van der Waals surface area (Å²) in [6.45, 7) is 2.84.